The normalized spacial score (nSPS) is 20.5. The predicted molar refractivity (Wildman–Crippen MR) is 206 cm³/mol. The summed E-state index contributed by atoms with van der Waals surface area (Å²) in [6, 6.07) is 15.5. The second-order valence-corrected chi connectivity index (χ2v) is 18.7. The summed E-state index contributed by atoms with van der Waals surface area (Å²) in [6.07, 6.45) is -0.901. The standard InChI is InChI=1S/C41H55N3O11S/c1-26(2)30(22-34(47)43-54-24-28-16-12-9-13-17-28)36(48)42-35(31(37(49)50)20-27-14-10-8-11-15-27)32(45)23-44(38(51)55-39(3,4)5)56(52,53)25-41-19-18-29(21-33(41)46)40(41,6)7/h8-17,26,29-31,35H,18-25H2,1-7H3,(H,42,48)(H,43,47)(H,49,50). The van der Waals surface area contributed by atoms with Gasteiger partial charge >= 0.3 is 12.1 Å². The first kappa shape index (κ1) is 44.1. The number of carboxylic acid groups (broad SMARTS) is 1. The van der Waals surface area contributed by atoms with Gasteiger partial charge in [0.2, 0.25) is 21.8 Å². The number of nitrogens with one attached hydrogen (secondary N) is 2. The van der Waals surface area contributed by atoms with Crippen LogP contribution in [0.4, 0.5) is 4.79 Å². The number of rotatable bonds is 18. The minimum Gasteiger partial charge on any atom is -0.481 e. The van der Waals surface area contributed by atoms with Gasteiger partial charge in [0.05, 0.1) is 23.7 Å². The predicted octanol–water partition coefficient (Wildman–Crippen LogP) is 4.86. The van der Waals surface area contributed by atoms with E-state index in [0.29, 0.717) is 12.0 Å². The van der Waals surface area contributed by atoms with Gasteiger partial charge in [-0.15, -0.1) is 0 Å². The number of fused-ring (bicyclic) bond motifs is 2. The molecule has 0 aliphatic heterocycles. The van der Waals surface area contributed by atoms with E-state index in [1.807, 2.05) is 32.0 Å². The minimum atomic E-state index is -4.77. The van der Waals surface area contributed by atoms with Crippen LogP contribution in [0.5, 0.6) is 0 Å². The number of hydroxylamine groups is 1. The van der Waals surface area contributed by atoms with Crippen LogP contribution in [0.25, 0.3) is 0 Å². The van der Waals surface area contributed by atoms with E-state index in [2.05, 4.69) is 10.8 Å². The third-order valence-electron chi connectivity index (χ3n) is 11.3. The molecule has 2 aliphatic carbocycles. The highest BCUT2D eigenvalue weighted by molar-refractivity contribution is 7.89. The number of ketones is 2. The molecule has 0 spiro atoms. The first-order chi connectivity index (χ1) is 26.1. The van der Waals surface area contributed by atoms with Gasteiger partial charge in [-0.3, -0.25) is 28.8 Å². The zero-order valence-corrected chi connectivity index (χ0v) is 34.0. The van der Waals surface area contributed by atoms with E-state index in [9.17, 15) is 42.3 Å². The molecular formula is C41H55N3O11S. The molecule has 2 saturated carbocycles. The number of nitrogens with zero attached hydrogens (tertiary/aromatic N) is 1. The first-order valence-corrected chi connectivity index (χ1v) is 20.5. The maximum absolute atomic E-state index is 14.5. The zero-order chi connectivity index (χ0) is 41.6. The second-order valence-electron chi connectivity index (χ2n) is 16.9. The van der Waals surface area contributed by atoms with Crippen LogP contribution in [0.1, 0.15) is 85.3 Å². The molecule has 0 heterocycles. The maximum Gasteiger partial charge on any atom is 0.424 e. The molecule has 56 heavy (non-hydrogen) atoms. The smallest absolute Gasteiger partial charge is 0.424 e. The quantitative estimate of drug-likeness (QED) is 0.174. The summed E-state index contributed by atoms with van der Waals surface area (Å²) in [7, 11) is -4.77. The fourth-order valence-electron chi connectivity index (χ4n) is 7.85. The zero-order valence-electron chi connectivity index (χ0n) is 33.2. The number of amides is 3. The van der Waals surface area contributed by atoms with Crippen LogP contribution < -0.4 is 10.8 Å². The Morgan fingerprint density at radius 1 is 0.946 bits per heavy atom. The van der Waals surface area contributed by atoms with Gasteiger partial charge in [-0.25, -0.2) is 18.7 Å². The van der Waals surface area contributed by atoms with E-state index < -0.39 is 92.2 Å². The van der Waals surface area contributed by atoms with E-state index in [1.54, 1.807) is 56.3 Å². The third kappa shape index (κ3) is 10.4. The molecule has 306 valence electrons. The molecule has 5 unspecified atom stereocenters. The topological polar surface area (TPSA) is 203 Å². The number of aliphatic carboxylic acids is 1. The van der Waals surface area contributed by atoms with Gasteiger partial charge < -0.3 is 15.2 Å². The number of hydrogen-bond donors (Lipinski definition) is 3. The Labute approximate surface area is 329 Å². The molecule has 3 amide bonds. The van der Waals surface area contributed by atoms with E-state index >= 15 is 0 Å². The average Bonchev–Trinajstić information content (AvgIpc) is 3.45. The van der Waals surface area contributed by atoms with Crippen LogP contribution in [-0.4, -0.2) is 77.2 Å². The Morgan fingerprint density at radius 2 is 1.54 bits per heavy atom. The first-order valence-electron chi connectivity index (χ1n) is 18.9. The van der Waals surface area contributed by atoms with Gasteiger partial charge in [-0.2, -0.15) is 4.31 Å². The second kappa shape index (κ2) is 17.7. The number of carboxylic acids is 1. The fourth-order valence-corrected chi connectivity index (χ4v) is 9.90. The molecular weight excluding hydrogens is 743 g/mol. The van der Waals surface area contributed by atoms with Gasteiger partial charge in [0, 0.05) is 18.8 Å². The Balaban J connectivity index is 1.66. The summed E-state index contributed by atoms with van der Waals surface area (Å²) < 4.78 is 34.4. The molecule has 0 radical (unpaired) electrons. The van der Waals surface area contributed by atoms with Crippen molar-refractivity contribution in [2.75, 3.05) is 12.3 Å². The molecule has 15 heteroatoms. The van der Waals surface area contributed by atoms with Crippen LogP contribution in [0, 0.1) is 34.5 Å². The average molecular weight is 798 g/mol. The molecule has 2 fully saturated rings. The van der Waals surface area contributed by atoms with Crippen molar-refractivity contribution in [3.63, 3.8) is 0 Å². The van der Waals surface area contributed by atoms with Crippen molar-refractivity contribution in [2.45, 2.75) is 98.8 Å². The number of carbonyl (C=O) groups is 6. The monoisotopic (exact) mass is 797 g/mol. The molecule has 0 saturated heterocycles. The Morgan fingerprint density at radius 3 is 2.04 bits per heavy atom. The Bertz CT molecular complexity index is 1880. The van der Waals surface area contributed by atoms with Crippen LogP contribution in [0.15, 0.2) is 60.7 Å². The maximum atomic E-state index is 14.5. The van der Waals surface area contributed by atoms with Gasteiger partial charge in [0.25, 0.3) is 0 Å². The number of benzene rings is 2. The van der Waals surface area contributed by atoms with E-state index in [4.69, 9.17) is 9.57 Å². The Kier molecular flexibility index (Phi) is 13.9. The molecule has 2 aromatic carbocycles. The summed E-state index contributed by atoms with van der Waals surface area (Å²) in [4.78, 5) is 86.7. The molecule has 2 aromatic rings. The lowest BCUT2D eigenvalue weighted by molar-refractivity contribution is -0.147. The van der Waals surface area contributed by atoms with E-state index in [1.165, 1.54) is 20.8 Å². The molecule has 2 aliphatic rings. The summed E-state index contributed by atoms with van der Waals surface area (Å²) in [5.74, 6) is -8.26. The number of sulfonamides is 1. The van der Waals surface area contributed by atoms with Crippen molar-refractivity contribution < 1.29 is 51.9 Å². The lowest BCUT2D eigenvalue weighted by Crippen LogP contribution is -2.56. The van der Waals surface area contributed by atoms with Crippen LogP contribution in [0.2, 0.25) is 0 Å². The number of ether oxygens (including phenoxy) is 1. The lowest BCUT2D eigenvalue weighted by atomic mass is 9.70. The summed E-state index contributed by atoms with van der Waals surface area (Å²) in [5.41, 5.74) is 0.407. The van der Waals surface area contributed by atoms with Crippen molar-refractivity contribution in [3.8, 4) is 0 Å². The summed E-state index contributed by atoms with van der Waals surface area (Å²) in [5, 5.41) is 13.0. The molecule has 4 rings (SSSR count). The largest absolute Gasteiger partial charge is 0.481 e. The van der Waals surface area contributed by atoms with Crippen molar-refractivity contribution in [3.05, 3.63) is 71.8 Å². The number of carbonyl (C=O) groups excluding carboxylic acids is 5. The van der Waals surface area contributed by atoms with Crippen molar-refractivity contribution in [1.29, 1.82) is 0 Å². The van der Waals surface area contributed by atoms with Crippen LogP contribution in [-0.2, 0) is 56.6 Å². The molecule has 3 N–H and O–H groups in total. The number of Topliss-reactive ketones (excluding diaryl/α,β-unsaturated/α-hetero) is 2. The lowest BCUT2D eigenvalue weighted by Gasteiger charge is -2.38. The van der Waals surface area contributed by atoms with Crippen molar-refractivity contribution in [2.24, 2.45) is 34.5 Å². The van der Waals surface area contributed by atoms with Crippen molar-refractivity contribution >= 4 is 45.5 Å². The molecule has 14 nitrogen and oxygen atoms in total. The Hall–Kier alpha value is -4.63. The minimum absolute atomic E-state index is 0.0397. The van der Waals surface area contributed by atoms with Crippen molar-refractivity contribution in [1.82, 2.24) is 15.1 Å². The van der Waals surface area contributed by atoms with E-state index in [0.717, 1.165) is 5.56 Å². The van der Waals surface area contributed by atoms with E-state index in [-0.39, 0.29) is 48.3 Å². The summed E-state index contributed by atoms with van der Waals surface area (Å²) >= 11 is 0. The highest BCUT2D eigenvalue weighted by atomic mass is 32.2. The van der Waals surface area contributed by atoms with Gasteiger partial charge in [-0.05, 0) is 68.4 Å². The molecule has 2 bridgehead atoms. The van der Waals surface area contributed by atoms with Gasteiger partial charge in [0.1, 0.15) is 24.0 Å². The highest BCUT2D eigenvalue weighted by Gasteiger charge is 2.66. The number of hydrogen-bond acceptors (Lipinski definition) is 10. The SMILES string of the molecule is CC(C)C(CC(=O)NOCc1ccccc1)C(=O)NC(C(=O)CN(C(=O)OC(C)(C)C)S(=O)(=O)CC12CCC(CC1=O)C2(C)C)C(Cc1ccccc1)C(=O)O. The highest BCUT2D eigenvalue weighted by Crippen LogP contribution is 2.64. The third-order valence-corrected chi connectivity index (χ3v) is 13.1. The van der Waals surface area contributed by atoms with Crippen LogP contribution >= 0.6 is 0 Å². The molecule has 5 atom stereocenters. The fraction of sp³-hybridized carbons (Fsp3) is 0.561. The summed E-state index contributed by atoms with van der Waals surface area (Å²) in [6.45, 7) is 10.4. The molecule has 0 aromatic heterocycles. The van der Waals surface area contributed by atoms with Gasteiger partial charge in [0.15, 0.2) is 5.78 Å². The van der Waals surface area contributed by atoms with Gasteiger partial charge in [-0.1, -0.05) is 88.4 Å². The van der Waals surface area contributed by atoms with Crippen LogP contribution in [0.3, 0.4) is 0 Å².